The van der Waals surface area contributed by atoms with Crippen LogP contribution in [0.4, 0.5) is 0 Å². The molecule has 15 heavy (non-hydrogen) atoms. The fourth-order valence-electron chi connectivity index (χ4n) is 1.33. The zero-order valence-corrected chi connectivity index (χ0v) is 9.41. The average Bonchev–Trinajstić information content (AvgIpc) is 2.75. The monoisotopic (exact) mass is 221 g/mol. The molecule has 0 bridgehead atoms. The average molecular weight is 221 g/mol. The van der Waals surface area contributed by atoms with E-state index < -0.39 is 0 Å². The third-order valence-electron chi connectivity index (χ3n) is 2.02. The highest BCUT2D eigenvalue weighted by Crippen LogP contribution is 2.14. The summed E-state index contributed by atoms with van der Waals surface area (Å²) in [7, 11) is 1.84. The number of thiazole rings is 1. The minimum absolute atomic E-state index is 0.105. The molecule has 0 saturated carbocycles. The van der Waals surface area contributed by atoms with Gasteiger partial charge in [-0.15, -0.1) is 11.3 Å². The van der Waals surface area contributed by atoms with Gasteiger partial charge in [0.05, 0.1) is 16.1 Å². The summed E-state index contributed by atoms with van der Waals surface area (Å²) in [6.07, 6.45) is 5.60. The second-order valence-electron chi connectivity index (χ2n) is 3.37. The number of nitrogens with zero attached hydrogens (tertiary/aromatic N) is 3. The van der Waals surface area contributed by atoms with Crippen molar-refractivity contribution in [2.75, 3.05) is 0 Å². The molecule has 0 aromatic carbocycles. The molecule has 2 aromatic rings. The molecule has 5 heteroatoms. The van der Waals surface area contributed by atoms with Gasteiger partial charge in [0.25, 0.3) is 0 Å². The van der Waals surface area contributed by atoms with Crippen molar-refractivity contribution >= 4 is 17.1 Å². The normalized spacial score (nSPS) is 10.5. The van der Waals surface area contributed by atoms with Gasteiger partial charge in [-0.1, -0.05) is 0 Å². The summed E-state index contributed by atoms with van der Waals surface area (Å²) in [6, 6.07) is 0. The Morgan fingerprint density at radius 2 is 2.33 bits per heavy atom. The molecule has 0 amide bonds. The number of Topliss-reactive ketones (excluding diaryl/α,β-unsaturated/α-hetero) is 1. The summed E-state index contributed by atoms with van der Waals surface area (Å²) in [4.78, 5) is 16.6. The van der Waals surface area contributed by atoms with E-state index in [0.29, 0.717) is 6.42 Å². The molecule has 0 aliphatic rings. The summed E-state index contributed by atoms with van der Waals surface area (Å²) in [6.45, 7) is 1.89. The smallest absolute Gasteiger partial charge is 0.178 e. The van der Waals surface area contributed by atoms with Gasteiger partial charge in [0, 0.05) is 25.9 Å². The second-order valence-corrected chi connectivity index (χ2v) is 4.60. The molecule has 0 aliphatic heterocycles. The number of rotatable bonds is 3. The molecule has 2 heterocycles. The van der Waals surface area contributed by atoms with Crippen LogP contribution in [0.25, 0.3) is 0 Å². The number of carbonyl (C=O) groups is 1. The number of aromatic nitrogens is 3. The van der Waals surface area contributed by atoms with Crippen LogP contribution in [0.2, 0.25) is 0 Å². The van der Waals surface area contributed by atoms with Crippen LogP contribution in [-0.4, -0.2) is 20.5 Å². The number of hydrogen-bond acceptors (Lipinski definition) is 4. The summed E-state index contributed by atoms with van der Waals surface area (Å²) in [5.41, 5.74) is 0.938. The van der Waals surface area contributed by atoms with Crippen LogP contribution in [0.5, 0.6) is 0 Å². The summed E-state index contributed by atoms with van der Waals surface area (Å²) in [5.74, 6) is 0.105. The maximum atomic E-state index is 11.8. The van der Waals surface area contributed by atoms with Crippen LogP contribution in [0.3, 0.4) is 0 Å². The van der Waals surface area contributed by atoms with Crippen LogP contribution in [-0.2, 0) is 13.5 Å². The maximum absolute atomic E-state index is 11.8. The van der Waals surface area contributed by atoms with Crippen molar-refractivity contribution in [3.8, 4) is 0 Å². The van der Waals surface area contributed by atoms with E-state index in [1.807, 2.05) is 20.2 Å². The van der Waals surface area contributed by atoms with Crippen LogP contribution in [0, 0.1) is 6.92 Å². The molecule has 0 fully saturated rings. The fraction of sp³-hybridized carbons (Fsp3) is 0.300. The van der Waals surface area contributed by atoms with E-state index in [2.05, 4.69) is 10.1 Å². The fourth-order valence-corrected chi connectivity index (χ4v) is 2.04. The predicted octanol–water partition coefficient (Wildman–Crippen LogP) is 1.61. The van der Waals surface area contributed by atoms with Crippen molar-refractivity contribution < 1.29 is 4.79 Å². The van der Waals surface area contributed by atoms with E-state index in [1.165, 1.54) is 11.3 Å². The zero-order chi connectivity index (χ0) is 10.8. The highest BCUT2D eigenvalue weighted by molar-refractivity contribution is 7.13. The first kappa shape index (κ1) is 10.0. The van der Waals surface area contributed by atoms with E-state index in [1.54, 1.807) is 17.1 Å². The number of hydrogen-bond donors (Lipinski definition) is 0. The SMILES string of the molecule is Cc1ncc(C(=O)Cc2cnn(C)c2)s1. The Hall–Kier alpha value is -1.49. The van der Waals surface area contributed by atoms with Gasteiger partial charge in [-0.25, -0.2) is 4.98 Å². The molecule has 2 rings (SSSR count). The lowest BCUT2D eigenvalue weighted by Crippen LogP contribution is -2.00. The Kier molecular flexibility index (Phi) is 2.64. The van der Waals surface area contributed by atoms with Crippen LogP contribution < -0.4 is 0 Å². The van der Waals surface area contributed by atoms with Crippen molar-refractivity contribution in [3.63, 3.8) is 0 Å². The van der Waals surface area contributed by atoms with Crippen LogP contribution >= 0.6 is 11.3 Å². The van der Waals surface area contributed by atoms with E-state index in [0.717, 1.165) is 15.4 Å². The molecular formula is C10H11N3OS. The number of ketones is 1. The minimum Gasteiger partial charge on any atom is -0.293 e. The molecule has 0 atom stereocenters. The van der Waals surface area contributed by atoms with Crippen molar-refractivity contribution in [1.29, 1.82) is 0 Å². The van der Waals surface area contributed by atoms with Gasteiger partial charge in [-0.2, -0.15) is 5.10 Å². The van der Waals surface area contributed by atoms with E-state index >= 15 is 0 Å². The van der Waals surface area contributed by atoms with Gasteiger partial charge in [0.15, 0.2) is 5.78 Å². The molecule has 78 valence electrons. The Balaban J connectivity index is 2.10. The van der Waals surface area contributed by atoms with E-state index in [4.69, 9.17) is 0 Å². The third-order valence-corrected chi connectivity index (χ3v) is 2.97. The van der Waals surface area contributed by atoms with Crippen molar-refractivity contribution in [2.45, 2.75) is 13.3 Å². The standard InChI is InChI=1S/C10H11N3OS/c1-7-11-5-10(15-7)9(14)3-8-4-12-13(2)6-8/h4-6H,3H2,1-2H3. The van der Waals surface area contributed by atoms with E-state index in [-0.39, 0.29) is 5.78 Å². The van der Waals surface area contributed by atoms with Crippen molar-refractivity contribution in [3.05, 3.63) is 34.0 Å². The lowest BCUT2D eigenvalue weighted by molar-refractivity contribution is 0.0996. The highest BCUT2D eigenvalue weighted by Gasteiger charge is 2.10. The number of aryl methyl sites for hydroxylation is 2. The first-order valence-electron chi connectivity index (χ1n) is 4.58. The molecule has 0 radical (unpaired) electrons. The predicted molar refractivity (Wildman–Crippen MR) is 58.1 cm³/mol. The van der Waals surface area contributed by atoms with Gasteiger partial charge < -0.3 is 0 Å². The molecule has 0 aliphatic carbocycles. The quantitative estimate of drug-likeness (QED) is 0.740. The summed E-state index contributed by atoms with van der Waals surface area (Å²) in [5, 5.41) is 4.94. The van der Waals surface area contributed by atoms with Gasteiger partial charge in [0.1, 0.15) is 0 Å². The van der Waals surface area contributed by atoms with Crippen LogP contribution in [0.15, 0.2) is 18.6 Å². The lowest BCUT2D eigenvalue weighted by Gasteiger charge is -1.92. The van der Waals surface area contributed by atoms with Gasteiger partial charge in [-0.05, 0) is 12.5 Å². The Morgan fingerprint density at radius 3 is 2.87 bits per heavy atom. The molecular weight excluding hydrogens is 210 g/mol. The maximum Gasteiger partial charge on any atom is 0.178 e. The molecule has 0 saturated heterocycles. The first-order chi connectivity index (χ1) is 7.15. The van der Waals surface area contributed by atoms with Gasteiger partial charge >= 0.3 is 0 Å². The molecule has 0 N–H and O–H groups in total. The van der Waals surface area contributed by atoms with Crippen molar-refractivity contribution in [1.82, 2.24) is 14.8 Å². The lowest BCUT2D eigenvalue weighted by atomic mass is 10.2. The molecule has 0 unspecified atom stereocenters. The summed E-state index contributed by atoms with van der Waals surface area (Å²) < 4.78 is 1.69. The summed E-state index contributed by atoms with van der Waals surface area (Å²) >= 11 is 1.43. The molecule has 2 aromatic heterocycles. The second kappa shape index (κ2) is 3.94. The van der Waals surface area contributed by atoms with Crippen LogP contribution in [0.1, 0.15) is 20.2 Å². The molecule has 4 nitrogen and oxygen atoms in total. The first-order valence-corrected chi connectivity index (χ1v) is 5.40. The van der Waals surface area contributed by atoms with E-state index in [9.17, 15) is 4.79 Å². The molecule has 0 spiro atoms. The Bertz CT molecular complexity index is 486. The third kappa shape index (κ3) is 2.30. The van der Waals surface area contributed by atoms with Gasteiger partial charge in [0.2, 0.25) is 0 Å². The topological polar surface area (TPSA) is 47.8 Å². The van der Waals surface area contributed by atoms with Crippen molar-refractivity contribution in [2.24, 2.45) is 7.05 Å². The largest absolute Gasteiger partial charge is 0.293 e. The number of carbonyl (C=O) groups excluding carboxylic acids is 1. The van der Waals surface area contributed by atoms with Gasteiger partial charge in [-0.3, -0.25) is 9.48 Å². The highest BCUT2D eigenvalue weighted by atomic mass is 32.1. The zero-order valence-electron chi connectivity index (χ0n) is 8.60. The Morgan fingerprint density at radius 1 is 1.53 bits per heavy atom. The minimum atomic E-state index is 0.105. The Labute approximate surface area is 91.6 Å².